The summed E-state index contributed by atoms with van der Waals surface area (Å²) in [4.78, 5) is 22.4. The van der Waals surface area contributed by atoms with Crippen molar-refractivity contribution in [1.29, 1.82) is 0 Å². The van der Waals surface area contributed by atoms with E-state index in [1.54, 1.807) is 4.90 Å². The van der Waals surface area contributed by atoms with Gasteiger partial charge in [0.05, 0.1) is 35.2 Å². The summed E-state index contributed by atoms with van der Waals surface area (Å²) in [7, 11) is 0. The number of rotatable bonds is 4. The van der Waals surface area contributed by atoms with Gasteiger partial charge in [0.15, 0.2) is 0 Å². The minimum absolute atomic E-state index is 0.00733. The summed E-state index contributed by atoms with van der Waals surface area (Å²) in [6, 6.07) is 11.2. The molecule has 2 aromatic carbocycles. The number of hydrogen-bond donors (Lipinski definition) is 2. The van der Waals surface area contributed by atoms with Crippen LogP contribution in [0.5, 0.6) is 0 Å². The highest BCUT2D eigenvalue weighted by molar-refractivity contribution is 5.87. The van der Waals surface area contributed by atoms with Crippen molar-refractivity contribution in [3.8, 4) is 0 Å². The highest BCUT2D eigenvalue weighted by Gasteiger charge is 2.51. The molecule has 9 heteroatoms. The summed E-state index contributed by atoms with van der Waals surface area (Å²) < 4.78 is 45.0. The highest BCUT2D eigenvalue weighted by atomic mass is 19.4. The molecule has 0 radical (unpaired) electrons. The first kappa shape index (κ1) is 18.9. The average molecular weight is 416 g/mol. The van der Waals surface area contributed by atoms with E-state index in [2.05, 4.69) is 15.3 Å². The van der Waals surface area contributed by atoms with Crippen molar-refractivity contribution < 1.29 is 22.7 Å². The number of hydrogen-bond acceptors (Lipinski definition) is 4. The van der Waals surface area contributed by atoms with Gasteiger partial charge in [-0.15, -0.1) is 0 Å². The molecule has 1 atom stereocenters. The number of aromatic amines is 1. The number of amides is 1. The van der Waals surface area contributed by atoms with Crippen LogP contribution in [0, 0.1) is 5.41 Å². The third-order valence-electron chi connectivity index (χ3n) is 5.65. The summed E-state index contributed by atoms with van der Waals surface area (Å²) in [6.07, 6.45) is -4.49. The Morgan fingerprint density at radius 2 is 1.93 bits per heavy atom. The zero-order chi connectivity index (χ0) is 20.9. The maximum Gasteiger partial charge on any atom is 0.416 e. The Hall–Kier alpha value is -3.07. The molecule has 1 aromatic heterocycles. The number of halogens is 3. The van der Waals surface area contributed by atoms with Crippen molar-refractivity contribution in [2.24, 2.45) is 5.41 Å². The maximum absolute atomic E-state index is 13.2. The van der Waals surface area contributed by atoms with Gasteiger partial charge >= 0.3 is 6.18 Å². The molecule has 5 rings (SSSR count). The van der Waals surface area contributed by atoms with Gasteiger partial charge in [-0.2, -0.15) is 13.2 Å². The first-order chi connectivity index (χ1) is 14.3. The minimum Gasteiger partial charge on any atom is -0.380 e. The van der Waals surface area contributed by atoms with Crippen LogP contribution in [0.2, 0.25) is 0 Å². The number of nitrogens with zero attached hydrogens (tertiary/aromatic N) is 2. The number of H-pyrrole nitrogens is 1. The number of aromatic nitrogens is 2. The van der Waals surface area contributed by atoms with Gasteiger partial charge in [-0.3, -0.25) is 4.79 Å². The Kier molecular flexibility index (Phi) is 4.25. The number of anilines is 1. The fourth-order valence-electron chi connectivity index (χ4n) is 4.02. The van der Waals surface area contributed by atoms with Crippen molar-refractivity contribution in [3.05, 3.63) is 59.7 Å². The zero-order valence-electron chi connectivity index (χ0n) is 15.9. The third kappa shape index (κ3) is 3.28. The van der Waals surface area contributed by atoms with Crippen LogP contribution in [0.15, 0.2) is 48.5 Å². The Balaban J connectivity index is 1.46. The average Bonchev–Trinajstić information content (AvgIpc) is 3.06. The molecule has 0 saturated carbocycles. The Morgan fingerprint density at radius 3 is 2.60 bits per heavy atom. The number of likely N-dealkylation sites (tertiary alicyclic amines) is 1. The summed E-state index contributed by atoms with van der Waals surface area (Å²) in [6.45, 7) is 2.32. The van der Waals surface area contributed by atoms with E-state index in [1.807, 2.05) is 24.3 Å². The van der Waals surface area contributed by atoms with Crippen molar-refractivity contribution in [3.63, 3.8) is 0 Å². The van der Waals surface area contributed by atoms with Crippen LogP contribution in [-0.2, 0) is 15.7 Å². The number of carbonyl (C=O) groups excluding carboxylic acids is 1. The molecule has 2 aliphatic rings. The molecule has 0 bridgehead atoms. The lowest BCUT2D eigenvalue weighted by atomic mass is 9.77. The molecule has 6 nitrogen and oxygen atoms in total. The second-order valence-corrected chi connectivity index (χ2v) is 7.99. The molecule has 1 unspecified atom stereocenters. The van der Waals surface area contributed by atoms with E-state index in [4.69, 9.17) is 4.74 Å². The quantitative estimate of drug-likeness (QED) is 0.682. The largest absolute Gasteiger partial charge is 0.416 e. The molecule has 2 fully saturated rings. The molecule has 2 aliphatic heterocycles. The standard InChI is InChI=1S/C21H19F3N4O2/c22-21(23,24)14-5-3-4-13(8-14)17(18(29)28-9-20(10-28)11-30-12-20)27-19-25-15-6-1-2-7-16(15)26-19/h1-8,17H,9-12H2,(H2,25,26,27). The number of alkyl halides is 3. The Morgan fingerprint density at radius 1 is 1.17 bits per heavy atom. The minimum atomic E-state index is -4.49. The molecule has 2 saturated heterocycles. The Labute approximate surface area is 170 Å². The first-order valence-corrected chi connectivity index (χ1v) is 9.58. The second-order valence-electron chi connectivity index (χ2n) is 7.99. The summed E-state index contributed by atoms with van der Waals surface area (Å²) in [5, 5.41) is 3.02. The summed E-state index contributed by atoms with van der Waals surface area (Å²) in [5.41, 5.74) is 0.917. The van der Waals surface area contributed by atoms with E-state index in [9.17, 15) is 18.0 Å². The molecule has 3 heterocycles. The molecular weight excluding hydrogens is 397 g/mol. The first-order valence-electron chi connectivity index (χ1n) is 9.58. The van der Waals surface area contributed by atoms with E-state index in [0.717, 1.165) is 17.6 Å². The zero-order valence-corrected chi connectivity index (χ0v) is 15.9. The summed E-state index contributed by atoms with van der Waals surface area (Å²) in [5.74, 6) is 0.0430. The number of nitrogens with one attached hydrogen (secondary N) is 2. The number of imidazole rings is 1. The van der Waals surface area contributed by atoms with Crippen LogP contribution in [0.25, 0.3) is 11.0 Å². The SMILES string of the molecule is O=C(C(Nc1nc2ccccc2[nH]1)c1cccc(C(F)(F)F)c1)N1CC2(COC2)C1. The van der Waals surface area contributed by atoms with Gasteiger partial charge in [0.2, 0.25) is 11.9 Å². The number of carbonyl (C=O) groups is 1. The predicted molar refractivity (Wildman–Crippen MR) is 104 cm³/mol. The molecule has 30 heavy (non-hydrogen) atoms. The predicted octanol–water partition coefficient (Wildman–Crippen LogP) is 3.59. The fourth-order valence-corrected chi connectivity index (χ4v) is 4.02. The van der Waals surface area contributed by atoms with Gasteiger partial charge in [-0.25, -0.2) is 4.98 Å². The molecule has 0 aliphatic carbocycles. The summed E-state index contributed by atoms with van der Waals surface area (Å²) >= 11 is 0. The van der Waals surface area contributed by atoms with Crippen molar-refractivity contribution >= 4 is 22.9 Å². The van der Waals surface area contributed by atoms with Gasteiger partial charge in [0, 0.05) is 13.1 Å². The lowest BCUT2D eigenvalue weighted by Gasteiger charge is -2.55. The van der Waals surface area contributed by atoms with Gasteiger partial charge in [0.25, 0.3) is 0 Å². The van der Waals surface area contributed by atoms with E-state index in [-0.39, 0.29) is 16.9 Å². The number of fused-ring (bicyclic) bond motifs is 1. The van der Waals surface area contributed by atoms with Crippen LogP contribution in [-0.4, -0.2) is 47.1 Å². The smallest absolute Gasteiger partial charge is 0.380 e. The third-order valence-corrected chi connectivity index (χ3v) is 5.65. The van der Waals surface area contributed by atoms with Crippen molar-refractivity contribution in [2.45, 2.75) is 12.2 Å². The van der Waals surface area contributed by atoms with Crippen LogP contribution in [0.1, 0.15) is 17.2 Å². The molecule has 3 aromatic rings. The van der Waals surface area contributed by atoms with Crippen LogP contribution < -0.4 is 5.32 Å². The van der Waals surface area contributed by atoms with Crippen LogP contribution in [0.3, 0.4) is 0 Å². The molecule has 1 amide bonds. The molecule has 1 spiro atoms. The normalized spacial score (nSPS) is 18.7. The lowest BCUT2D eigenvalue weighted by molar-refractivity contribution is -0.195. The van der Waals surface area contributed by atoms with Gasteiger partial charge in [-0.1, -0.05) is 24.3 Å². The fraction of sp³-hybridized carbons (Fsp3) is 0.333. The lowest BCUT2D eigenvalue weighted by Crippen LogP contribution is -2.67. The molecule has 156 valence electrons. The van der Waals surface area contributed by atoms with Gasteiger partial charge in [-0.05, 0) is 29.8 Å². The maximum atomic E-state index is 13.2. The van der Waals surface area contributed by atoms with Crippen LogP contribution in [0.4, 0.5) is 19.1 Å². The van der Waals surface area contributed by atoms with E-state index in [0.29, 0.717) is 37.8 Å². The topological polar surface area (TPSA) is 70.2 Å². The number of ether oxygens (including phenoxy) is 1. The van der Waals surface area contributed by atoms with E-state index < -0.39 is 17.8 Å². The number of para-hydroxylation sites is 2. The second kappa shape index (κ2) is 6.73. The monoisotopic (exact) mass is 416 g/mol. The van der Waals surface area contributed by atoms with Crippen molar-refractivity contribution in [2.75, 3.05) is 31.6 Å². The number of benzene rings is 2. The van der Waals surface area contributed by atoms with Crippen molar-refractivity contribution in [1.82, 2.24) is 14.9 Å². The van der Waals surface area contributed by atoms with Gasteiger partial charge < -0.3 is 19.9 Å². The van der Waals surface area contributed by atoms with E-state index in [1.165, 1.54) is 12.1 Å². The highest BCUT2D eigenvalue weighted by Crippen LogP contribution is 2.39. The molecular formula is C21H19F3N4O2. The Bertz CT molecular complexity index is 1070. The van der Waals surface area contributed by atoms with Crippen LogP contribution >= 0.6 is 0 Å². The van der Waals surface area contributed by atoms with Gasteiger partial charge in [0.1, 0.15) is 6.04 Å². The van der Waals surface area contributed by atoms with E-state index >= 15 is 0 Å². The molecule has 2 N–H and O–H groups in total.